The molecule has 0 saturated carbocycles. The molecular formula is C19H15BrN4O. The molecule has 0 fully saturated rings. The average Bonchev–Trinajstić information content (AvgIpc) is 3.02. The Labute approximate surface area is 154 Å². The van der Waals surface area contributed by atoms with Crippen LogP contribution in [0.1, 0.15) is 27.2 Å². The van der Waals surface area contributed by atoms with Gasteiger partial charge in [-0.1, -0.05) is 28.1 Å². The molecule has 0 saturated heterocycles. The minimum Gasteiger partial charge on any atom is -0.348 e. The lowest BCUT2D eigenvalue weighted by Crippen LogP contribution is -2.23. The molecule has 124 valence electrons. The minimum atomic E-state index is -0.176. The predicted molar refractivity (Wildman–Crippen MR) is 98.3 cm³/mol. The molecule has 3 aromatic rings. The summed E-state index contributed by atoms with van der Waals surface area (Å²) in [4.78, 5) is 12.4. The number of amides is 1. The van der Waals surface area contributed by atoms with E-state index in [1.165, 1.54) is 0 Å². The molecule has 3 rings (SSSR count). The maximum Gasteiger partial charge on any atom is 0.255 e. The number of rotatable bonds is 4. The zero-order valence-electron chi connectivity index (χ0n) is 13.5. The normalized spacial score (nSPS) is 10.3. The molecule has 2 aromatic carbocycles. The molecule has 0 aliphatic rings. The monoisotopic (exact) mass is 394 g/mol. The van der Waals surface area contributed by atoms with Crippen LogP contribution in [0.5, 0.6) is 0 Å². The van der Waals surface area contributed by atoms with Crippen molar-refractivity contribution in [1.29, 1.82) is 5.26 Å². The summed E-state index contributed by atoms with van der Waals surface area (Å²) < 4.78 is 2.73. The summed E-state index contributed by atoms with van der Waals surface area (Å²) in [6.45, 7) is 2.26. The number of carbonyl (C=O) groups excluding carboxylic acids is 1. The SMILES string of the molecule is Cc1c(C(=O)NCc2ccc(C#N)cc2)cnn1-c1ccc(Br)cc1. The van der Waals surface area contributed by atoms with Gasteiger partial charge in [0.2, 0.25) is 0 Å². The zero-order chi connectivity index (χ0) is 17.8. The Morgan fingerprint density at radius 3 is 2.52 bits per heavy atom. The molecule has 5 nitrogen and oxygen atoms in total. The van der Waals surface area contributed by atoms with Gasteiger partial charge in [0.05, 0.1) is 34.8 Å². The van der Waals surface area contributed by atoms with Crippen molar-refractivity contribution in [2.45, 2.75) is 13.5 Å². The number of halogens is 1. The fourth-order valence-corrected chi connectivity index (χ4v) is 2.71. The van der Waals surface area contributed by atoms with Crippen LogP contribution in [0.25, 0.3) is 5.69 Å². The Balaban J connectivity index is 1.72. The molecular weight excluding hydrogens is 380 g/mol. The molecule has 0 aliphatic heterocycles. The topological polar surface area (TPSA) is 70.7 Å². The van der Waals surface area contributed by atoms with E-state index in [9.17, 15) is 4.79 Å². The molecule has 1 heterocycles. The first kappa shape index (κ1) is 16.9. The van der Waals surface area contributed by atoms with Crippen molar-refractivity contribution in [3.63, 3.8) is 0 Å². The highest BCUT2D eigenvalue weighted by Crippen LogP contribution is 2.17. The van der Waals surface area contributed by atoms with Crippen molar-refractivity contribution in [3.8, 4) is 11.8 Å². The second kappa shape index (κ2) is 7.32. The van der Waals surface area contributed by atoms with E-state index >= 15 is 0 Å². The van der Waals surface area contributed by atoms with Crippen LogP contribution >= 0.6 is 15.9 Å². The molecule has 6 heteroatoms. The molecule has 1 N–H and O–H groups in total. The number of nitriles is 1. The van der Waals surface area contributed by atoms with E-state index in [2.05, 4.69) is 32.4 Å². The number of nitrogens with zero attached hydrogens (tertiary/aromatic N) is 3. The van der Waals surface area contributed by atoms with Crippen LogP contribution in [0.2, 0.25) is 0 Å². The van der Waals surface area contributed by atoms with Crippen LogP contribution in [0.15, 0.2) is 59.2 Å². The van der Waals surface area contributed by atoms with Gasteiger partial charge >= 0.3 is 0 Å². The Bertz CT molecular complexity index is 937. The van der Waals surface area contributed by atoms with Crippen molar-refractivity contribution >= 4 is 21.8 Å². The summed E-state index contributed by atoms with van der Waals surface area (Å²) in [6, 6.07) is 16.9. The summed E-state index contributed by atoms with van der Waals surface area (Å²) >= 11 is 3.41. The van der Waals surface area contributed by atoms with Crippen molar-refractivity contribution < 1.29 is 4.79 Å². The van der Waals surface area contributed by atoms with Crippen LogP contribution in [0.4, 0.5) is 0 Å². The van der Waals surface area contributed by atoms with Gasteiger partial charge in [-0.05, 0) is 48.9 Å². The summed E-state index contributed by atoms with van der Waals surface area (Å²) in [5.74, 6) is -0.176. The predicted octanol–water partition coefficient (Wildman–Crippen LogP) is 3.74. The third-order valence-electron chi connectivity index (χ3n) is 3.86. The second-order valence-corrected chi connectivity index (χ2v) is 6.44. The Morgan fingerprint density at radius 2 is 1.88 bits per heavy atom. The van der Waals surface area contributed by atoms with Gasteiger partial charge in [-0.2, -0.15) is 10.4 Å². The first-order chi connectivity index (χ1) is 12.1. The van der Waals surface area contributed by atoms with Gasteiger partial charge in [0, 0.05) is 11.0 Å². The quantitative estimate of drug-likeness (QED) is 0.732. The molecule has 1 aromatic heterocycles. The number of carbonyl (C=O) groups is 1. The number of hydrogen-bond acceptors (Lipinski definition) is 3. The fourth-order valence-electron chi connectivity index (χ4n) is 2.45. The van der Waals surface area contributed by atoms with Crippen molar-refractivity contribution in [3.05, 3.63) is 81.6 Å². The van der Waals surface area contributed by atoms with E-state index in [0.717, 1.165) is 21.4 Å². The van der Waals surface area contributed by atoms with Crippen molar-refractivity contribution in [1.82, 2.24) is 15.1 Å². The van der Waals surface area contributed by atoms with E-state index < -0.39 is 0 Å². The van der Waals surface area contributed by atoms with E-state index in [-0.39, 0.29) is 5.91 Å². The summed E-state index contributed by atoms with van der Waals surface area (Å²) in [5.41, 5.74) is 3.75. The van der Waals surface area contributed by atoms with Gasteiger partial charge in [-0.15, -0.1) is 0 Å². The molecule has 25 heavy (non-hydrogen) atoms. The number of hydrogen-bond donors (Lipinski definition) is 1. The first-order valence-electron chi connectivity index (χ1n) is 7.66. The van der Waals surface area contributed by atoms with Gasteiger partial charge < -0.3 is 5.32 Å². The van der Waals surface area contributed by atoms with Gasteiger partial charge in [0.1, 0.15) is 0 Å². The molecule has 1 amide bonds. The van der Waals surface area contributed by atoms with Crippen LogP contribution < -0.4 is 5.32 Å². The lowest BCUT2D eigenvalue weighted by molar-refractivity contribution is 0.0950. The molecule has 0 aliphatic carbocycles. The third-order valence-corrected chi connectivity index (χ3v) is 4.39. The number of benzene rings is 2. The molecule has 0 spiro atoms. The van der Waals surface area contributed by atoms with Crippen LogP contribution in [0.3, 0.4) is 0 Å². The van der Waals surface area contributed by atoms with Crippen LogP contribution in [0, 0.1) is 18.3 Å². The zero-order valence-corrected chi connectivity index (χ0v) is 15.1. The summed E-state index contributed by atoms with van der Waals surface area (Å²) in [5, 5.41) is 16.0. The average molecular weight is 395 g/mol. The highest BCUT2D eigenvalue weighted by atomic mass is 79.9. The standard InChI is InChI=1S/C19H15BrN4O/c1-13-18(12-23-24(13)17-8-6-16(20)7-9-17)19(25)22-11-15-4-2-14(10-21)3-5-15/h2-9,12H,11H2,1H3,(H,22,25). The minimum absolute atomic E-state index is 0.176. The maximum absolute atomic E-state index is 12.4. The van der Waals surface area contributed by atoms with E-state index in [1.807, 2.05) is 43.3 Å². The van der Waals surface area contributed by atoms with Crippen LogP contribution in [-0.4, -0.2) is 15.7 Å². The van der Waals surface area contributed by atoms with Gasteiger partial charge in [-0.3, -0.25) is 4.79 Å². The molecule has 0 atom stereocenters. The second-order valence-electron chi connectivity index (χ2n) is 5.52. The lowest BCUT2D eigenvalue weighted by Gasteiger charge is -2.07. The van der Waals surface area contributed by atoms with E-state index in [1.54, 1.807) is 23.0 Å². The number of aromatic nitrogens is 2. The van der Waals surface area contributed by atoms with Crippen LogP contribution in [-0.2, 0) is 6.54 Å². The fraction of sp³-hybridized carbons (Fsp3) is 0.105. The van der Waals surface area contributed by atoms with E-state index in [0.29, 0.717) is 17.7 Å². The maximum atomic E-state index is 12.4. The first-order valence-corrected chi connectivity index (χ1v) is 8.45. The highest BCUT2D eigenvalue weighted by Gasteiger charge is 2.14. The summed E-state index contributed by atoms with van der Waals surface area (Å²) in [7, 11) is 0. The Kier molecular flexibility index (Phi) is 4.96. The largest absolute Gasteiger partial charge is 0.348 e. The Morgan fingerprint density at radius 1 is 1.20 bits per heavy atom. The highest BCUT2D eigenvalue weighted by molar-refractivity contribution is 9.10. The number of nitrogens with one attached hydrogen (secondary N) is 1. The smallest absolute Gasteiger partial charge is 0.255 e. The van der Waals surface area contributed by atoms with Crippen molar-refractivity contribution in [2.24, 2.45) is 0 Å². The molecule has 0 bridgehead atoms. The van der Waals surface area contributed by atoms with E-state index in [4.69, 9.17) is 5.26 Å². The molecule has 0 radical (unpaired) electrons. The third kappa shape index (κ3) is 3.78. The van der Waals surface area contributed by atoms with Gasteiger partial charge in [-0.25, -0.2) is 4.68 Å². The Hall–Kier alpha value is -2.91. The molecule has 0 unspecified atom stereocenters. The van der Waals surface area contributed by atoms with Crippen molar-refractivity contribution in [2.75, 3.05) is 0 Å². The summed E-state index contributed by atoms with van der Waals surface area (Å²) in [6.07, 6.45) is 1.57. The lowest BCUT2D eigenvalue weighted by atomic mass is 10.1. The van der Waals surface area contributed by atoms with Gasteiger partial charge in [0.25, 0.3) is 5.91 Å². The van der Waals surface area contributed by atoms with Gasteiger partial charge in [0.15, 0.2) is 0 Å².